The molecule has 1 heterocycles. The Morgan fingerprint density at radius 3 is 2.45 bits per heavy atom. The minimum atomic E-state index is 0.139. The first kappa shape index (κ1) is 17.0. The monoisotopic (exact) mass is 302 g/mol. The Kier molecular flexibility index (Phi) is 6.44. The standard InChI is InChI=1S/C19H30N2O/c1-15(2)13-18(17-7-5-4-6-8-17)20-19(22)14-16-9-11-21(3)12-10-16/h4-8,15-16,18H,9-14H2,1-3H3,(H,20,22)/t18-/m0/s1. The number of nitrogens with one attached hydrogen (secondary N) is 1. The molecule has 3 nitrogen and oxygen atoms in total. The van der Waals surface area contributed by atoms with Crippen LogP contribution >= 0.6 is 0 Å². The quantitative estimate of drug-likeness (QED) is 0.870. The molecule has 0 spiro atoms. The number of rotatable bonds is 6. The zero-order valence-corrected chi connectivity index (χ0v) is 14.2. The van der Waals surface area contributed by atoms with E-state index in [-0.39, 0.29) is 11.9 Å². The van der Waals surface area contributed by atoms with Gasteiger partial charge < -0.3 is 10.2 Å². The number of piperidine rings is 1. The third-order valence-corrected chi connectivity index (χ3v) is 4.56. The van der Waals surface area contributed by atoms with Gasteiger partial charge in [-0.3, -0.25) is 4.79 Å². The highest BCUT2D eigenvalue weighted by Gasteiger charge is 2.22. The van der Waals surface area contributed by atoms with E-state index in [0.717, 1.165) is 32.4 Å². The Labute approximate surface area is 135 Å². The normalized spacial score (nSPS) is 18.4. The molecule has 0 saturated carbocycles. The maximum Gasteiger partial charge on any atom is 0.220 e. The number of amides is 1. The molecule has 122 valence electrons. The maximum atomic E-state index is 12.4. The Morgan fingerprint density at radius 2 is 1.86 bits per heavy atom. The van der Waals surface area contributed by atoms with Gasteiger partial charge in [-0.15, -0.1) is 0 Å². The number of benzene rings is 1. The summed E-state index contributed by atoms with van der Waals surface area (Å²) in [5, 5.41) is 3.27. The molecule has 3 heteroatoms. The van der Waals surface area contributed by atoms with Crippen molar-refractivity contribution < 1.29 is 4.79 Å². The van der Waals surface area contributed by atoms with Crippen LogP contribution in [0.2, 0.25) is 0 Å². The zero-order valence-electron chi connectivity index (χ0n) is 14.2. The molecule has 1 N–H and O–H groups in total. The second-order valence-electron chi connectivity index (χ2n) is 7.11. The average molecular weight is 302 g/mol. The maximum absolute atomic E-state index is 12.4. The molecule has 1 saturated heterocycles. The second kappa shape index (κ2) is 8.33. The first-order chi connectivity index (χ1) is 10.5. The minimum Gasteiger partial charge on any atom is -0.349 e. The summed E-state index contributed by atoms with van der Waals surface area (Å²) in [6.45, 7) is 6.65. The van der Waals surface area contributed by atoms with E-state index in [1.807, 2.05) is 18.2 Å². The molecule has 1 amide bonds. The first-order valence-electron chi connectivity index (χ1n) is 8.57. The lowest BCUT2D eigenvalue weighted by Crippen LogP contribution is -2.35. The molecule has 22 heavy (non-hydrogen) atoms. The van der Waals surface area contributed by atoms with E-state index in [0.29, 0.717) is 18.3 Å². The predicted molar refractivity (Wildman–Crippen MR) is 91.6 cm³/mol. The van der Waals surface area contributed by atoms with Gasteiger partial charge in [-0.1, -0.05) is 44.2 Å². The fourth-order valence-corrected chi connectivity index (χ4v) is 3.22. The lowest BCUT2D eigenvalue weighted by Gasteiger charge is -2.29. The Bertz CT molecular complexity index is 450. The first-order valence-corrected chi connectivity index (χ1v) is 8.57. The third-order valence-electron chi connectivity index (χ3n) is 4.56. The van der Waals surface area contributed by atoms with Gasteiger partial charge in [0.05, 0.1) is 6.04 Å². The van der Waals surface area contributed by atoms with Crippen LogP contribution in [0, 0.1) is 11.8 Å². The predicted octanol–water partition coefficient (Wildman–Crippen LogP) is 3.62. The van der Waals surface area contributed by atoms with E-state index >= 15 is 0 Å². The summed E-state index contributed by atoms with van der Waals surface area (Å²) >= 11 is 0. The van der Waals surface area contributed by atoms with Crippen LogP contribution in [0.15, 0.2) is 30.3 Å². The van der Waals surface area contributed by atoms with Crippen molar-refractivity contribution in [1.82, 2.24) is 10.2 Å². The molecule has 2 rings (SSSR count). The third kappa shape index (κ3) is 5.45. The summed E-state index contributed by atoms with van der Waals surface area (Å²) in [6, 6.07) is 10.5. The van der Waals surface area contributed by atoms with Gasteiger partial charge in [-0.05, 0) is 56.8 Å². The van der Waals surface area contributed by atoms with E-state index in [1.54, 1.807) is 0 Å². The summed E-state index contributed by atoms with van der Waals surface area (Å²) in [6.07, 6.45) is 3.95. The number of carbonyl (C=O) groups is 1. The van der Waals surface area contributed by atoms with Crippen LogP contribution in [0.25, 0.3) is 0 Å². The molecule has 0 aliphatic carbocycles. The van der Waals surface area contributed by atoms with Gasteiger partial charge in [0.1, 0.15) is 0 Å². The van der Waals surface area contributed by atoms with Crippen molar-refractivity contribution in [3.05, 3.63) is 35.9 Å². The van der Waals surface area contributed by atoms with Crippen molar-refractivity contribution in [2.75, 3.05) is 20.1 Å². The minimum absolute atomic E-state index is 0.139. The topological polar surface area (TPSA) is 32.3 Å². The molecule has 1 aromatic rings. The summed E-state index contributed by atoms with van der Waals surface area (Å²) in [5.74, 6) is 1.32. The molecule has 0 bridgehead atoms. The molecular weight excluding hydrogens is 272 g/mol. The number of hydrogen-bond donors (Lipinski definition) is 1. The lowest BCUT2D eigenvalue weighted by molar-refractivity contribution is -0.123. The fraction of sp³-hybridized carbons (Fsp3) is 0.632. The molecule has 0 aromatic heterocycles. The number of carbonyl (C=O) groups excluding carboxylic acids is 1. The fourth-order valence-electron chi connectivity index (χ4n) is 3.22. The van der Waals surface area contributed by atoms with E-state index in [4.69, 9.17) is 0 Å². The van der Waals surface area contributed by atoms with E-state index in [2.05, 4.69) is 43.2 Å². The Morgan fingerprint density at radius 1 is 1.23 bits per heavy atom. The average Bonchev–Trinajstić information content (AvgIpc) is 2.49. The van der Waals surface area contributed by atoms with Gasteiger partial charge in [0.25, 0.3) is 0 Å². The van der Waals surface area contributed by atoms with Gasteiger partial charge >= 0.3 is 0 Å². The Balaban J connectivity index is 1.90. The summed E-state index contributed by atoms with van der Waals surface area (Å²) in [4.78, 5) is 14.8. The van der Waals surface area contributed by atoms with E-state index in [9.17, 15) is 4.79 Å². The summed E-state index contributed by atoms with van der Waals surface area (Å²) < 4.78 is 0. The van der Waals surface area contributed by atoms with Crippen LogP contribution in [0.4, 0.5) is 0 Å². The lowest BCUT2D eigenvalue weighted by atomic mass is 9.92. The van der Waals surface area contributed by atoms with Gasteiger partial charge in [0.15, 0.2) is 0 Å². The van der Waals surface area contributed by atoms with Crippen molar-refractivity contribution in [3.8, 4) is 0 Å². The van der Waals surface area contributed by atoms with Crippen molar-refractivity contribution >= 4 is 5.91 Å². The van der Waals surface area contributed by atoms with E-state index < -0.39 is 0 Å². The van der Waals surface area contributed by atoms with Gasteiger partial charge in [0.2, 0.25) is 5.91 Å². The second-order valence-corrected chi connectivity index (χ2v) is 7.11. The summed E-state index contributed by atoms with van der Waals surface area (Å²) in [7, 11) is 2.16. The number of likely N-dealkylation sites (tertiary alicyclic amines) is 1. The highest BCUT2D eigenvalue weighted by molar-refractivity contribution is 5.76. The van der Waals surface area contributed by atoms with Crippen LogP contribution in [0.1, 0.15) is 51.1 Å². The van der Waals surface area contributed by atoms with Crippen LogP contribution in [0.5, 0.6) is 0 Å². The van der Waals surface area contributed by atoms with Crippen molar-refractivity contribution in [2.24, 2.45) is 11.8 Å². The van der Waals surface area contributed by atoms with Crippen molar-refractivity contribution in [2.45, 2.75) is 45.6 Å². The molecule has 1 aliphatic heterocycles. The van der Waals surface area contributed by atoms with Crippen LogP contribution in [0.3, 0.4) is 0 Å². The molecule has 1 fully saturated rings. The largest absolute Gasteiger partial charge is 0.349 e. The number of nitrogens with zero attached hydrogens (tertiary/aromatic N) is 1. The van der Waals surface area contributed by atoms with Crippen LogP contribution in [-0.4, -0.2) is 30.9 Å². The molecule has 1 atom stereocenters. The van der Waals surface area contributed by atoms with Crippen LogP contribution < -0.4 is 5.32 Å². The molecule has 0 radical (unpaired) electrons. The highest BCUT2D eigenvalue weighted by Crippen LogP contribution is 2.23. The molecular formula is C19H30N2O. The van der Waals surface area contributed by atoms with Gasteiger partial charge in [-0.25, -0.2) is 0 Å². The number of hydrogen-bond acceptors (Lipinski definition) is 2. The smallest absolute Gasteiger partial charge is 0.220 e. The molecule has 1 aliphatic rings. The van der Waals surface area contributed by atoms with E-state index in [1.165, 1.54) is 5.56 Å². The Hall–Kier alpha value is -1.35. The van der Waals surface area contributed by atoms with Crippen LogP contribution in [-0.2, 0) is 4.79 Å². The van der Waals surface area contributed by atoms with Crippen molar-refractivity contribution in [1.29, 1.82) is 0 Å². The highest BCUT2D eigenvalue weighted by atomic mass is 16.1. The zero-order chi connectivity index (χ0) is 15.9. The molecule has 1 aromatic carbocycles. The molecule has 0 unspecified atom stereocenters. The summed E-state index contributed by atoms with van der Waals surface area (Å²) in [5.41, 5.74) is 1.22. The van der Waals surface area contributed by atoms with Gasteiger partial charge in [0, 0.05) is 6.42 Å². The van der Waals surface area contributed by atoms with Crippen molar-refractivity contribution in [3.63, 3.8) is 0 Å². The van der Waals surface area contributed by atoms with Gasteiger partial charge in [-0.2, -0.15) is 0 Å². The SMILES string of the molecule is CC(C)C[C@H](NC(=O)CC1CCN(C)CC1)c1ccccc1.